The number of likely N-dealkylation sites (N-methyl/N-ethyl adjacent to an activating group) is 1. The minimum atomic E-state index is 1.16. The van der Waals surface area contributed by atoms with Gasteiger partial charge in [0.15, 0.2) is 0 Å². The number of rotatable bonds is 2. The third kappa shape index (κ3) is 2.76. The van der Waals surface area contributed by atoms with Gasteiger partial charge in [0.25, 0.3) is 0 Å². The number of hydrogen-bond donors (Lipinski definition) is 0. The predicted octanol–water partition coefficient (Wildman–Crippen LogP) is 3.51. The molecule has 0 unspecified atom stereocenters. The van der Waals surface area contributed by atoms with Gasteiger partial charge in [-0.2, -0.15) is 0 Å². The van der Waals surface area contributed by atoms with Crippen LogP contribution in [0.25, 0.3) is 0 Å². The van der Waals surface area contributed by atoms with E-state index in [0.29, 0.717) is 0 Å². The Kier molecular flexibility index (Phi) is 4.51. The van der Waals surface area contributed by atoms with Crippen LogP contribution in [0.5, 0.6) is 0 Å². The van der Waals surface area contributed by atoms with Crippen molar-refractivity contribution in [2.75, 3.05) is 13.6 Å². The van der Waals surface area contributed by atoms with Crippen LogP contribution in [0, 0.1) is 0 Å². The molecule has 1 nitrogen and oxygen atoms in total. The Morgan fingerprint density at radius 1 is 1.29 bits per heavy atom. The first-order valence-electron chi connectivity index (χ1n) is 5.49. The second kappa shape index (κ2) is 5.69. The zero-order valence-corrected chi connectivity index (χ0v) is 9.42. The first-order valence-corrected chi connectivity index (χ1v) is 5.49. The van der Waals surface area contributed by atoms with Crippen LogP contribution in [0.3, 0.4) is 0 Å². The van der Waals surface area contributed by atoms with Crippen LogP contribution in [-0.4, -0.2) is 18.5 Å². The van der Waals surface area contributed by atoms with E-state index >= 15 is 0 Å². The van der Waals surface area contributed by atoms with E-state index in [1.807, 2.05) is 6.08 Å². The van der Waals surface area contributed by atoms with Gasteiger partial charge in [0, 0.05) is 19.3 Å². The highest BCUT2D eigenvalue weighted by molar-refractivity contribution is 5.31. The molecule has 0 saturated heterocycles. The molecule has 0 spiro atoms. The molecule has 0 aliphatic carbocycles. The molecule has 1 rings (SSSR count). The van der Waals surface area contributed by atoms with Crippen molar-refractivity contribution < 1.29 is 0 Å². The molecule has 1 aliphatic rings. The molecule has 1 heteroatoms. The Hall–Kier alpha value is -0.980. The van der Waals surface area contributed by atoms with Crippen molar-refractivity contribution in [2.45, 2.75) is 32.6 Å². The van der Waals surface area contributed by atoms with Crippen molar-refractivity contribution in [1.29, 1.82) is 0 Å². The first kappa shape index (κ1) is 11.1. The molecule has 1 aliphatic heterocycles. The van der Waals surface area contributed by atoms with Gasteiger partial charge >= 0.3 is 0 Å². The molecule has 78 valence electrons. The lowest BCUT2D eigenvalue weighted by molar-refractivity contribution is 0.396. The molecular weight excluding hydrogens is 170 g/mol. The number of nitrogens with zero attached hydrogens (tertiary/aromatic N) is 1. The summed E-state index contributed by atoms with van der Waals surface area (Å²) in [5.41, 5.74) is 2.74. The molecule has 0 radical (unpaired) electrons. The maximum absolute atomic E-state index is 3.91. The normalized spacial score (nSPS) is 24.9. The fourth-order valence-electron chi connectivity index (χ4n) is 1.99. The molecule has 14 heavy (non-hydrogen) atoms. The van der Waals surface area contributed by atoms with Gasteiger partial charge in [-0.05, 0) is 37.8 Å². The zero-order chi connectivity index (χ0) is 10.4. The Labute approximate surface area is 87.8 Å². The summed E-state index contributed by atoms with van der Waals surface area (Å²) >= 11 is 0. The van der Waals surface area contributed by atoms with Crippen LogP contribution in [0.4, 0.5) is 0 Å². The molecule has 0 aromatic rings. The topological polar surface area (TPSA) is 3.24 Å². The van der Waals surface area contributed by atoms with Gasteiger partial charge < -0.3 is 4.90 Å². The highest BCUT2D eigenvalue weighted by atomic mass is 15.1. The Bertz CT molecular complexity index is 248. The second-order valence-corrected chi connectivity index (χ2v) is 3.85. The van der Waals surface area contributed by atoms with E-state index in [9.17, 15) is 0 Å². The van der Waals surface area contributed by atoms with Gasteiger partial charge in [-0.25, -0.2) is 0 Å². The Balaban J connectivity index is 2.94. The molecule has 0 N–H and O–H groups in total. The van der Waals surface area contributed by atoms with Gasteiger partial charge in [0.2, 0.25) is 0 Å². The van der Waals surface area contributed by atoms with Gasteiger partial charge in [-0.15, -0.1) is 0 Å². The van der Waals surface area contributed by atoms with Crippen LogP contribution in [0.15, 0.2) is 36.1 Å². The van der Waals surface area contributed by atoms with Crippen LogP contribution in [0.1, 0.15) is 32.6 Å². The van der Waals surface area contributed by atoms with Gasteiger partial charge in [0.05, 0.1) is 0 Å². The first-order chi connectivity index (χ1) is 6.79. The fraction of sp³-hybridized carbons (Fsp3) is 0.538. The SMILES string of the molecule is C=C/C1=C(\C=C/C)CCCCCN1C. The highest BCUT2D eigenvalue weighted by Gasteiger charge is 2.09. The minimum absolute atomic E-state index is 1.16. The standard InChI is InChI=1S/C13H21N/c1-4-9-12-10-7-6-8-11-14(3)13(12)5-2/h4-5,9H,2,6-8,10-11H2,1,3H3/b9-4-,13-12-. The fourth-order valence-corrected chi connectivity index (χ4v) is 1.99. The number of allylic oxidation sites excluding steroid dienone is 4. The maximum atomic E-state index is 3.91. The summed E-state index contributed by atoms with van der Waals surface area (Å²) in [7, 11) is 2.16. The van der Waals surface area contributed by atoms with E-state index in [4.69, 9.17) is 0 Å². The lowest BCUT2D eigenvalue weighted by Crippen LogP contribution is -2.20. The summed E-state index contributed by atoms with van der Waals surface area (Å²) < 4.78 is 0. The van der Waals surface area contributed by atoms with E-state index < -0.39 is 0 Å². The minimum Gasteiger partial charge on any atom is -0.374 e. The Morgan fingerprint density at radius 2 is 2.07 bits per heavy atom. The molecule has 0 aromatic heterocycles. The monoisotopic (exact) mass is 191 g/mol. The molecule has 0 bridgehead atoms. The molecule has 0 saturated carbocycles. The largest absolute Gasteiger partial charge is 0.374 e. The molecule has 0 atom stereocenters. The number of hydrogen-bond acceptors (Lipinski definition) is 1. The maximum Gasteiger partial charge on any atom is 0.0390 e. The molecular formula is C13H21N. The Morgan fingerprint density at radius 3 is 2.71 bits per heavy atom. The van der Waals surface area contributed by atoms with E-state index in [0.717, 1.165) is 6.54 Å². The van der Waals surface area contributed by atoms with Crippen molar-refractivity contribution in [1.82, 2.24) is 4.90 Å². The van der Waals surface area contributed by atoms with Crippen LogP contribution in [0.2, 0.25) is 0 Å². The van der Waals surface area contributed by atoms with E-state index in [-0.39, 0.29) is 0 Å². The molecule has 0 fully saturated rings. The van der Waals surface area contributed by atoms with E-state index in [1.54, 1.807) is 0 Å². The average molecular weight is 191 g/mol. The van der Waals surface area contributed by atoms with Crippen molar-refractivity contribution in [2.24, 2.45) is 0 Å². The summed E-state index contributed by atoms with van der Waals surface area (Å²) in [6.07, 6.45) is 11.5. The lowest BCUT2D eigenvalue weighted by atomic mass is 10.0. The highest BCUT2D eigenvalue weighted by Crippen LogP contribution is 2.21. The smallest absolute Gasteiger partial charge is 0.0390 e. The van der Waals surface area contributed by atoms with Gasteiger partial charge in [0.1, 0.15) is 0 Å². The molecule has 0 amide bonds. The van der Waals surface area contributed by atoms with E-state index in [1.165, 1.54) is 37.0 Å². The summed E-state index contributed by atoms with van der Waals surface area (Å²) in [5.74, 6) is 0. The second-order valence-electron chi connectivity index (χ2n) is 3.85. The van der Waals surface area contributed by atoms with Crippen LogP contribution < -0.4 is 0 Å². The quantitative estimate of drug-likeness (QED) is 0.645. The van der Waals surface area contributed by atoms with Crippen molar-refractivity contribution >= 4 is 0 Å². The lowest BCUT2D eigenvalue weighted by Gasteiger charge is -2.25. The van der Waals surface area contributed by atoms with Gasteiger partial charge in [-0.3, -0.25) is 0 Å². The van der Waals surface area contributed by atoms with Crippen LogP contribution in [-0.2, 0) is 0 Å². The van der Waals surface area contributed by atoms with Crippen molar-refractivity contribution in [3.63, 3.8) is 0 Å². The predicted molar refractivity (Wildman–Crippen MR) is 63.1 cm³/mol. The summed E-state index contributed by atoms with van der Waals surface area (Å²) in [4.78, 5) is 2.32. The summed E-state index contributed by atoms with van der Waals surface area (Å²) in [6.45, 7) is 7.14. The zero-order valence-electron chi connectivity index (χ0n) is 9.42. The van der Waals surface area contributed by atoms with Crippen LogP contribution >= 0.6 is 0 Å². The van der Waals surface area contributed by atoms with Crippen molar-refractivity contribution in [3.05, 3.63) is 36.1 Å². The third-order valence-corrected chi connectivity index (χ3v) is 2.74. The average Bonchev–Trinajstić information content (AvgIpc) is 2.15. The van der Waals surface area contributed by atoms with E-state index in [2.05, 4.69) is 37.6 Å². The molecule has 0 aromatic carbocycles. The van der Waals surface area contributed by atoms with Gasteiger partial charge in [-0.1, -0.05) is 25.2 Å². The summed E-state index contributed by atoms with van der Waals surface area (Å²) in [5, 5.41) is 0. The summed E-state index contributed by atoms with van der Waals surface area (Å²) in [6, 6.07) is 0. The van der Waals surface area contributed by atoms with Crippen molar-refractivity contribution in [3.8, 4) is 0 Å². The third-order valence-electron chi connectivity index (χ3n) is 2.74. The molecule has 1 heterocycles.